The molecule has 4 rings (SSSR count). The number of rotatable bonds is 0. The van der Waals surface area contributed by atoms with Crippen LogP contribution in [0.4, 0.5) is 0 Å². The zero-order valence-electron chi connectivity index (χ0n) is 14.3. The van der Waals surface area contributed by atoms with Gasteiger partial charge in [0.2, 0.25) is 0 Å². The number of hydrogen-bond donors (Lipinski definition) is 1. The second kappa shape index (κ2) is 4.73. The normalized spacial score (nSPS) is 54.8. The van der Waals surface area contributed by atoms with Gasteiger partial charge >= 0.3 is 0 Å². The van der Waals surface area contributed by atoms with E-state index in [0.29, 0.717) is 34.9 Å². The van der Waals surface area contributed by atoms with Crippen molar-refractivity contribution in [2.24, 2.45) is 34.5 Å². The Balaban J connectivity index is 1.67. The van der Waals surface area contributed by atoms with Crippen molar-refractivity contribution in [3.63, 3.8) is 0 Å². The third-order valence-corrected chi connectivity index (χ3v) is 8.37. The molecule has 124 valence electrons. The minimum atomic E-state index is -1.08. The molecule has 23 heavy (non-hydrogen) atoms. The van der Waals surface area contributed by atoms with E-state index in [1.165, 1.54) is 6.42 Å². The number of carbonyl (C=O) groups excluding carboxylic acids is 1. The predicted octanol–water partition coefficient (Wildman–Crippen LogP) is 3.74. The highest BCUT2D eigenvalue weighted by Gasteiger charge is 2.62. The maximum Gasteiger partial charge on any atom is 0.149 e. The predicted molar refractivity (Wildman–Crippen MR) is 90.4 cm³/mol. The van der Waals surface area contributed by atoms with Crippen LogP contribution in [0.1, 0.15) is 58.8 Å². The Morgan fingerprint density at radius 2 is 2.04 bits per heavy atom. The summed E-state index contributed by atoms with van der Waals surface area (Å²) in [7, 11) is 0. The van der Waals surface area contributed by atoms with Crippen LogP contribution in [-0.4, -0.2) is 16.5 Å². The quantitative estimate of drug-likeness (QED) is 0.546. The summed E-state index contributed by atoms with van der Waals surface area (Å²) in [4.78, 5) is 11.9. The molecule has 0 bridgehead atoms. The first-order valence-electron chi connectivity index (χ1n) is 9.25. The van der Waals surface area contributed by atoms with Crippen molar-refractivity contribution in [3.05, 3.63) is 12.2 Å². The first kappa shape index (κ1) is 15.5. The molecule has 3 saturated carbocycles. The van der Waals surface area contributed by atoms with Crippen LogP contribution in [0, 0.1) is 46.8 Å². The fraction of sp³-hybridized carbons (Fsp3) is 0.762. The summed E-state index contributed by atoms with van der Waals surface area (Å²) in [6.45, 7) is 4.63. The molecule has 1 unspecified atom stereocenters. The van der Waals surface area contributed by atoms with Crippen LogP contribution in [0.2, 0.25) is 0 Å². The monoisotopic (exact) mass is 312 g/mol. The van der Waals surface area contributed by atoms with Gasteiger partial charge in [-0.3, -0.25) is 4.79 Å². The summed E-state index contributed by atoms with van der Waals surface area (Å²) < 4.78 is 0. The first-order chi connectivity index (χ1) is 10.8. The number of aliphatic hydroxyl groups is 1. The summed E-state index contributed by atoms with van der Waals surface area (Å²) >= 11 is 0. The standard InChI is InChI=1S/C21H28O2/c1-4-21(23)12-9-18-16-6-5-14-13-15(22)7-10-19(14,2)17(16)8-11-20(18,21)3/h1,9,12,14,16-18,23H,5-8,10-11,13H2,2-3H3/t14?,16-,17+,18+,19+,20+,21+/m1/s1. The molecule has 0 heterocycles. The van der Waals surface area contributed by atoms with Crippen LogP contribution in [0.15, 0.2) is 12.2 Å². The molecular formula is C21H28O2. The molecule has 2 nitrogen and oxygen atoms in total. The minimum Gasteiger partial charge on any atom is -0.373 e. The van der Waals surface area contributed by atoms with Crippen molar-refractivity contribution in [1.82, 2.24) is 0 Å². The van der Waals surface area contributed by atoms with E-state index in [-0.39, 0.29) is 5.41 Å². The van der Waals surface area contributed by atoms with Crippen LogP contribution < -0.4 is 0 Å². The van der Waals surface area contributed by atoms with Crippen molar-refractivity contribution >= 4 is 5.78 Å². The van der Waals surface area contributed by atoms with Gasteiger partial charge in [-0.15, -0.1) is 6.42 Å². The third-order valence-electron chi connectivity index (χ3n) is 8.37. The second-order valence-corrected chi connectivity index (χ2v) is 9.05. The van der Waals surface area contributed by atoms with Crippen molar-refractivity contribution in [2.75, 3.05) is 0 Å². The van der Waals surface area contributed by atoms with Crippen molar-refractivity contribution < 1.29 is 9.90 Å². The van der Waals surface area contributed by atoms with Crippen LogP contribution in [0.25, 0.3) is 0 Å². The smallest absolute Gasteiger partial charge is 0.149 e. The van der Waals surface area contributed by atoms with E-state index in [1.807, 2.05) is 6.08 Å². The topological polar surface area (TPSA) is 37.3 Å². The Labute approximate surface area is 139 Å². The van der Waals surface area contributed by atoms with Crippen molar-refractivity contribution in [3.8, 4) is 12.3 Å². The second-order valence-electron chi connectivity index (χ2n) is 9.05. The van der Waals surface area contributed by atoms with E-state index < -0.39 is 5.60 Å². The highest BCUT2D eigenvalue weighted by Crippen LogP contribution is 2.66. The number of terminal acetylenes is 1. The summed E-state index contributed by atoms with van der Waals surface area (Å²) in [5.41, 5.74) is -0.984. The molecule has 0 aliphatic heterocycles. The third kappa shape index (κ3) is 1.84. The van der Waals surface area contributed by atoms with Gasteiger partial charge in [-0.05, 0) is 67.3 Å². The zero-order chi connectivity index (χ0) is 16.5. The average Bonchev–Trinajstić information content (AvgIpc) is 2.80. The molecule has 7 atom stereocenters. The van der Waals surface area contributed by atoms with E-state index in [4.69, 9.17) is 6.42 Å². The van der Waals surface area contributed by atoms with Crippen LogP contribution in [0.5, 0.6) is 0 Å². The molecule has 1 N–H and O–H groups in total. The highest BCUT2D eigenvalue weighted by molar-refractivity contribution is 5.79. The van der Waals surface area contributed by atoms with Crippen LogP contribution in [-0.2, 0) is 4.79 Å². The first-order valence-corrected chi connectivity index (χ1v) is 9.25. The van der Waals surface area contributed by atoms with Gasteiger partial charge < -0.3 is 5.11 Å². The molecule has 0 aromatic carbocycles. The summed E-state index contributed by atoms with van der Waals surface area (Å²) in [5, 5.41) is 10.9. The van der Waals surface area contributed by atoms with Gasteiger partial charge in [0.1, 0.15) is 11.4 Å². The van der Waals surface area contributed by atoms with E-state index >= 15 is 0 Å². The van der Waals surface area contributed by atoms with E-state index in [0.717, 1.165) is 38.5 Å². The fourth-order valence-corrected chi connectivity index (χ4v) is 6.74. The maximum atomic E-state index is 11.9. The Kier molecular flexibility index (Phi) is 3.18. The molecular weight excluding hydrogens is 284 g/mol. The van der Waals surface area contributed by atoms with Crippen LogP contribution >= 0.6 is 0 Å². The van der Waals surface area contributed by atoms with Gasteiger partial charge in [0.15, 0.2) is 0 Å². The number of Topliss-reactive ketones (excluding diaryl/α,β-unsaturated/α-hetero) is 1. The average molecular weight is 312 g/mol. The van der Waals surface area contributed by atoms with Gasteiger partial charge in [0, 0.05) is 18.3 Å². The van der Waals surface area contributed by atoms with E-state index in [1.54, 1.807) is 0 Å². The summed E-state index contributed by atoms with van der Waals surface area (Å²) in [6.07, 6.45) is 16.9. The van der Waals surface area contributed by atoms with Gasteiger partial charge in [-0.25, -0.2) is 0 Å². The van der Waals surface area contributed by atoms with Crippen LogP contribution in [0.3, 0.4) is 0 Å². The molecule has 4 aliphatic carbocycles. The fourth-order valence-electron chi connectivity index (χ4n) is 6.74. The Bertz CT molecular complexity index is 614. The number of fused-ring (bicyclic) bond motifs is 5. The molecule has 2 heteroatoms. The molecule has 3 fully saturated rings. The highest BCUT2D eigenvalue weighted by atomic mass is 16.3. The molecule has 0 radical (unpaired) electrons. The number of carbonyl (C=O) groups is 1. The van der Waals surface area contributed by atoms with Gasteiger partial charge in [0.25, 0.3) is 0 Å². The lowest BCUT2D eigenvalue weighted by Gasteiger charge is -2.60. The molecule has 0 spiro atoms. The number of hydrogen-bond acceptors (Lipinski definition) is 2. The lowest BCUT2D eigenvalue weighted by molar-refractivity contribution is -0.144. The number of ketones is 1. The van der Waals surface area contributed by atoms with Gasteiger partial charge in [-0.2, -0.15) is 0 Å². The SMILES string of the molecule is C#C[C@]1(O)C=C[C@H]2[C@@H]3CCC4CC(=O)CC[C@]4(C)[C@H]3CC[C@@]21C. The zero-order valence-corrected chi connectivity index (χ0v) is 14.3. The largest absolute Gasteiger partial charge is 0.373 e. The maximum absolute atomic E-state index is 11.9. The van der Waals surface area contributed by atoms with Crippen molar-refractivity contribution in [1.29, 1.82) is 0 Å². The molecule has 0 saturated heterocycles. The Morgan fingerprint density at radius 1 is 1.26 bits per heavy atom. The minimum absolute atomic E-state index is 0.212. The van der Waals surface area contributed by atoms with E-state index in [9.17, 15) is 9.90 Å². The number of allylic oxidation sites excluding steroid dienone is 1. The molecule has 4 aliphatic rings. The van der Waals surface area contributed by atoms with Gasteiger partial charge in [-0.1, -0.05) is 25.8 Å². The summed E-state index contributed by atoms with van der Waals surface area (Å²) in [5.74, 6) is 5.39. The summed E-state index contributed by atoms with van der Waals surface area (Å²) in [6, 6.07) is 0. The Hall–Kier alpha value is -1.07. The van der Waals surface area contributed by atoms with E-state index in [2.05, 4.69) is 25.8 Å². The van der Waals surface area contributed by atoms with Gasteiger partial charge in [0.05, 0.1) is 0 Å². The molecule has 0 aromatic heterocycles. The Morgan fingerprint density at radius 3 is 2.78 bits per heavy atom. The van der Waals surface area contributed by atoms with Crippen molar-refractivity contribution in [2.45, 2.75) is 64.4 Å². The molecule has 0 aromatic rings. The lowest BCUT2D eigenvalue weighted by Crippen LogP contribution is -2.56. The lowest BCUT2D eigenvalue weighted by atomic mass is 9.44. The molecule has 0 amide bonds.